The third-order valence-electron chi connectivity index (χ3n) is 2.47. The molecule has 1 unspecified atom stereocenters. The van der Waals surface area contributed by atoms with Gasteiger partial charge in [0.05, 0.1) is 0 Å². The predicted octanol–water partition coefficient (Wildman–Crippen LogP) is 3.59. The van der Waals surface area contributed by atoms with Crippen molar-refractivity contribution in [1.29, 1.82) is 0 Å². The number of hydrogen-bond donors (Lipinski definition) is 0. The topological polar surface area (TPSA) is 17.1 Å². The van der Waals surface area contributed by atoms with Crippen LogP contribution in [0.1, 0.15) is 47.0 Å². The molecule has 0 aromatic heterocycles. The standard InChI is InChI=1S/C12H22O/c1-5-7-8-12(13)9-11(6-2)10(3)4/h7-8,10-11H,5-6,9H2,1-4H3/b8-7+. The summed E-state index contributed by atoms with van der Waals surface area (Å²) in [4.78, 5) is 11.4. The van der Waals surface area contributed by atoms with E-state index in [9.17, 15) is 4.79 Å². The summed E-state index contributed by atoms with van der Waals surface area (Å²) in [5, 5.41) is 0. The van der Waals surface area contributed by atoms with E-state index in [0.29, 0.717) is 18.3 Å². The Labute approximate surface area is 82.2 Å². The summed E-state index contributed by atoms with van der Waals surface area (Å²) in [5.74, 6) is 1.44. The molecule has 1 heteroatoms. The van der Waals surface area contributed by atoms with Gasteiger partial charge in [0.2, 0.25) is 0 Å². The average Bonchev–Trinajstić information content (AvgIpc) is 2.10. The largest absolute Gasteiger partial charge is 0.295 e. The zero-order chi connectivity index (χ0) is 10.3. The van der Waals surface area contributed by atoms with Crippen molar-refractivity contribution in [2.24, 2.45) is 11.8 Å². The van der Waals surface area contributed by atoms with E-state index in [1.54, 1.807) is 6.08 Å². The molecule has 0 aliphatic heterocycles. The highest BCUT2D eigenvalue weighted by Crippen LogP contribution is 2.19. The van der Waals surface area contributed by atoms with Gasteiger partial charge in [-0.05, 0) is 24.3 Å². The van der Waals surface area contributed by atoms with Gasteiger partial charge in [0.1, 0.15) is 0 Å². The summed E-state index contributed by atoms with van der Waals surface area (Å²) in [6, 6.07) is 0. The van der Waals surface area contributed by atoms with Crippen molar-refractivity contribution < 1.29 is 4.79 Å². The Kier molecular flexibility index (Phi) is 6.56. The number of rotatable bonds is 6. The molecule has 0 saturated heterocycles. The molecule has 0 spiro atoms. The van der Waals surface area contributed by atoms with E-state index in [1.807, 2.05) is 13.0 Å². The maximum Gasteiger partial charge on any atom is 0.155 e. The molecular formula is C12H22O. The number of hydrogen-bond acceptors (Lipinski definition) is 1. The molecule has 0 aliphatic carbocycles. The fraction of sp³-hybridized carbons (Fsp3) is 0.750. The quantitative estimate of drug-likeness (QED) is 0.574. The Morgan fingerprint density at radius 3 is 2.31 bits per heavy atom. The number of ketones is 1. The zero-order valence-electron chi connectivity index (χ0n) is 9.34. The van der Waals surface area contributed by atoms with Crippen molar-refractivity contribution in [3.05, 3.63) is 12.2 Å². The lowest BCUT2D eigenvalue weighted by atomic mass is 9.88. The van der Waals surface area contributed by atoms with Crippen molar-refractivity contribution in [3.8, 4) is 0 Å². The maximum absolute atomic E-state index is 11.4. The minimum Gasteiger partial charge on any atom is -0.295 e. The first kappa shape index (κ1) is 12.4. The molecule has 0 amide bonds. The van der Waals surface area contributed by atoms with Crippen LogP contribution in [0, 0.1) is 11.8 Å². The van der Waals surface area contributed by atoms with Gasteiger partial charge in [-0.25, -0.2) is 0 Å². The molecule has 1 nitrogen and oxygen atoms in total. The molecule has 0 radical (unpaired) electrons. The summed E-state index contributed by atoms with van der Waals surface area (Å²) >= 11 is 0. The van der Waals surface area contributed by atoms with Gasteiger partial charge in [-0.2, -0.15) is 0 Å². The lowest BCUT2D eigenvalue weighted by Crippen LogP contribution is -2.11. The van der Waals surface area contributed by atoms with Gasteiger partial charge < -0.3 is 0 Å². The highest BCUT2D eigenvalue weighted by Gasteiger charge is 2.13. The van der Waals surface area contributed by atoms with E-state index < -0.39 is 0 Å². The van der Waals surface area contributed by atoms with E-state index in [-0.39, 0.29) is 5.78 Å². The van der Waals surface area contributed by atoms with Gasteiger partial charge in [0.25, 0.3) is 0 Å². The van der Waals surface area contributed by atoms with Crippen molar-refractivity contribution in [2.75, 3.05) is 0 Å². The monoisotopic (exact) mass is 182 g/mol. The van der Waals surface area contributed by atoms with Crippen LogP contribution in [-0.2, 0) is 4.79 Å². The molecular weight excluding hydrogens is 160 g/mol. The summed E-state index contributed by atoms with van der Waals surface area (Å²) in [6.45, 7) is 8.57. The van der Waals surface area contributed by atoms with Crippen molar-refractivity contribution >= 4 is 5.78 Å². The first-order valence-corrected chi connectivity index (χ1v) is 5.31. The fourth-order valence-electron chi connectivity index (χ4n) is 1.43. The maximum atomic E-state index is 11.4. The van der Waals surface area contributed by atoms with Crippen LogP contribution in [0.4, 0.5) is 0 Å². The molecule has 76 valence electrons. The normalized spacial score (nSPS) is 13.9. The van der Waals surface area contributed by atoms with Crippen LogP contribution in [-0.4, -0.2) is 5.78 Å². The molecule has 1 atom stereocenters. The lowest BCUT2D eigenvalue weighted by Gasteiger charge is -2.16. The summed E-state index contributed by atoms with van der Waals surface area (Å²) in [5.41, 5.74) is 0. The van der Waals surface area contributed by atoms with Crippen LogP contribution < -0.4 is 0 Å². The average molecular weight is 182 g/mol. The molecule has 0 rings (SSSR count). The van der Waals surface area contributed by atoms with Crippen molar-refractivity contribution in [2.45, 2.75) is 47.0 Å². The molecule has 13 heavy (non-hydrogen) atoms. The first-order chi connectivity index (χ1) is 6.11. The van der Waals surface area contributed by atoms with Crippen molar-refractivity contribution in [3.63, 3.8) is 0 Å². The van der Waals surface area contributed by atoms with E-state index in [0.717, 1.165) is 12.8 Å². The minimum absolute atomic E-state index is 0.280. The number of allylic oxidation sites excluding steroid dienone is 2. The lowest BCUT2D eigenvalue weighted by molar-refractivity contribution is -0.115. The summed E-state index contributed by atoms with van der Waals surface area (Å²) in [6.07, 6.45) is 6.43. The van der Waals surface area contributed by atoms with Gasteiger partial charge in [-0.3, -0.25) is 4.79 Å². The van der Waals surface area contributed by atoms with Gasteiger partial charge in [0, 0.05) is 6.42 Å². The molecule has 0 aromatic rings. The first-order valence-electron chi connectivity index (χ1n) is 5.31. The highest BCUT2D eigenvalue weighted by molar-refractivity contribution is 5.89. The van der Waals surface area contributed by atoms with E-state index in [2.05, 4.69) is 20.8 Å². The third-order valence-corrected chi connectivity index (χ3v) is 2.47. The minimum atomic E-state index is 0.280. The van der Waals surface area contributed by atoms with E-state index >= 15 is 0 Å². The fourth-order valence-corrected chi connectivity index (χ4v) is 1.43. The second kappa shape index (κ2) is 6.88. The molecule has 0 N–H and O–H groups in total. The van der Waals surface area contributed by atoms with Crippen LogP contribution in [0.15, 0.2) is 12.2 Å². The van der Waals surface area contributed by atoms with Gasteiger partial charge in [-0.1, -0.05) is 40.2 Å². The Balaban J connectivity index is 3.94. The summed E-state index contributed by atoms with van der Waals surface area (Å²) in [7, 11) is 0. The second-order valence-corrected chi connectivity index (χ2v) is 3.89. The molecule has 0 bridgehead atoms. The van der Waals surface area contributed by atoms with Crippen LogP contribution in [0.3, 0.4) is 0 Å². The van der Waals surface area contributed by atoms with Gasteiger partial charge in [0.15, 0.2) is 5.78 Å². The van der Waals surface area contributed by atoms with Crippen molar-refractivity contribution in [1.82, 2.24) is 0 Å². The molecule has 0 saturated carbocycles. The SMILES string of the molecule is CC/C=C/C(=O)CC(CC)C(C)C. The van der Waals surface area contributed by atoms with Crippen LogP contribution in [0.5, 0.6) is 0 Å². The number of carbonyl (C=O) groups is 1. The highest BCUT2D eigenvalue weighted by atomic mass is 16.1. The number of carbonyl (C=O) groups excluding carboxylic acids is 1. The van der Waals surface area contributed by atoms with Gasteiger partial charge in [-0.15, -0.1) is 0 Å². The van der Waals surface area contributed by atoms with Crippen LogP contribution in [0.2, 0.25) is 0 Å². The van der Waals surface area contributed by atoms with Crippen LogP contribution >= 0.6 is 0 Å². The Hall–Kier alpha value is -0.590. The Morgan fingerprint density at radius 2 is 1.92 bits per heavy atom. The molecule has 0 heterocycles. The second-order valence-electron chi connectivity index (χ2n) is 3.89. The van der Waals surface area contributed by atoms with Crippen LogP contribution in [0.25, 0.3) is 0 Å². The Morgan fingerprint density at radius 1 is 1.31 bits per heavy atom. The molecule has 0 aliphatic rings. The molecule has 0 fully saturated rings. The van der Waals surface area contributed by atoms with E-state index in [1.165, 1.54) is 0 Å². The van der Waals surface area contributed by atoms with E-state index in [4.69, 9.17) is 0 Å². The predicted molar refractivity (Wildman–Crippen MR) is 57.7 cm³/mol. The van der Waals surface area contributed by atoms with Gasteiger partial charge >= 0.3 is 0 Å². The third kappa shape index (κ3) is 5.62. The summed E-state index contributed by atoms with van der Waals surface area (Å²) < 4.78 is 0. The Bertz CT molecular complexity index is 168. The molecule has 0 aromatic carbocycles. The smallest absolute Gasteiger partial charge is 0.155 e. The zero-order valence-corrected chi connectivity index (χ0v) is 9.34.